The van der Waals surface area contributed by atoms with Crippen molar-refractivity contribution < 1.29 is 4.39 Å². The Morgan fingerprint density at radius 3 is 1.11 bits per heavy atom. The zero-order valence-electron chi connectivity index (χ0n) is 37.6. The summed E-state index contributed by atoms with van der Waals surface area (Å²) in [6.07, 6.45) is 0. The quantitative estimate of drug-likeness (QED) is 0.160. The maximum atomic E-state index is 14.6. The van der Waals surface area contributed by atoms with Crippen LogP contribution in [0.25, 0.3) is 128 Å². The van der Waals surface area contributed by atoms with E-state index in [1.165, 1.54) is 33.7 Å². The first kappa shape index (κ1) is 39.7. The molecule has 0 N–H and O–H groups in total. The summed E-state index contributed by atoms with van der Waals surface area (Å²) in [5.74, 6) is 1.38. The van der Waals surface area contributed by atoms with Gasteiger partial charge in [0.05, 0.1) is 38.8 Å². The summed E-state index contributed by atoms with van der Waals surface area (Å²) >= 11 is 0. The molecule has 0 aliphatic carbocycles. The predicted octanol–water partition coefficient (Wildman–Crippen LogP) is 16.0. The van der Waals surface area contributed by atoms with Crippen LogP contribution < -0.4 is 0 Å². The highest BCUT2D eigenvalue weighted by atomic mass is 19.1. The van der Waals surface area contributed by atoms with E-state index in [9.17, 15) is 4.39 Å². The van der Waals surface area contributed by atoms with Crippen molar-refractivity contribution in [2.75, 3.05) is 0 Å². The van der Waals surface area contributed by atoms with Crippen LogP contribution in [-0.2, 0) is 0 Å². The standard InChI is InChI=1S/C63H39FN6/c64-44-30-27-40(28-31-44)43-29-34-53(63-66-61(41-15-3-1-4-16-41)65-62(67-63)42-17-5-2-6-18-42)58(37-43)70-59-38-45(68-54-23-11-7-19-47(54)48-20-8-12-24-55(48)68)32-35-51(59)52-36-33-46(39-60(52)70)69-56-25-13-9-21-49(56)50-22-10-14-26-57(50)69/h1-39H. The van der Waals surface area contributed by atoms with E-state index in [0.29, 0.717) is 17.5 Å². The third-order valence-electron chi connectivity index (χ3n) is 13.8. The van der Waals surface area contributed by atoms with Gasteiger partial charge in [0.1, 0.15) is 5.82 Å². The number of halogens is 1. The summed E-state index contributed by atoms with van der Waals surface area (Å²) in [7, 11) is 0. The number of rotatable bonds is 7. The molecule has 0 aliphatic heterocycles. The average molecular weight is 899 g/mol. The fraction of sp³-hybridized carbons (Fsp3) is 0. The first-order chi connectivity index (χ1) is 34.6. The molecule has 0 spiro atoms. The van der Waals surface area contributed by atoms with Crippen molar-refractivity contribution in [2.24, 2.45) is 0 Å². The number of para-hydroxylation sites is 4. The molecule has 0 bridgehead atoms. The summed E-state index contributed by atoms with van der Waals surface area (Å²) in [5.41, 5.74) is 13.9. The van der Waals surface area contributed by atoms with E-state index in [4.69, 9.17) is 15.0 Å². The molecule has 0 atom stereocenters. The lowest BCUT2D eigenvalue weighted by Crippen LogP contribution is -2.04. The van der Waals surface area contributed by atoms with Gasteiger partial charge in [-0.1, -0.05) is 164 Å². The van der Waals surface area contributed by atoms with Crippen molar-refractivity contribution in [2.45, 2.75) is 0 Å². The van der Waals surface area contributed by atoms with E-state index in [2.05, 4.69) is 165 Å². The Hall–Kier alpha value is -9.46. The maximum absolute atomic E-state index is 14.6. The second-order valence-corrected chi connectivity index (χ2v) is 17.8. The molecule has 14 aromatic rings. The first-order valence-corrected chi connectivity index (χ1v) is 23.5. The summed E-state index contributed by atoms with van der Waals surface area (Å²) in [4.78, 5) is 15.7. The van der Waals surface area contributed by atoms with Crippen LogP contribution in [0.2, 0.25) is 0 Å². The van der Waals surface area contributed by atoms with Gasteiger partial charge in [0.2, 0.25) is 0 Å². The van der Waals surface area contributed by atoms with Crippen LogP contribution in [0.15, 0.2) is 237 Å². The van der Waals surface area contributed by atoms with E-state index in [0.717, 1.165) is 88.8 Å². The first-order valence-electron chi connectivity index (χ1n) is 23.5. The van der Waals surface area contributed by atoms with Crippen LogP contribution in [0.3, 0.4) is 0 Å². The summed E-state index contributed by atoms with van der Waals surface area (Å²) in [6, 6.07) is 81.4. The largest absolute Gasteiger partial charge is 0.309 e. The van der Waals surface area contributed by atoms with Crippen LogP contribution in [-0.4, -0.2) is 28.7 Å². The van der Waals surface area contributed by atoms with E-state index in [-0.39, 0.29) is 5.82 Å². The molecule has 14 rings (SSSR count). The van der Waals surface area contributed by atoms with E-state index in [1.54, 1.807) is 0 Å². The lowest BCUT2D eigenvalue weighted by molar-refractivity contribution is 0.628. The van der Waals surface area contributed by atoms with Crippen molar-refractivity contribution in [3.63, 3.8) is 0 Å². The van der Waals surface area contributed by atoms with Gasteiger partial charge in [0.25, 0.3) is 0 Å². The second kappa shape index (κ2) is 15.8. The highest BCUT2D eigenvalue weighted by Gasteiger charge is 2.23. The fourth-order valence-electron chi connectivity index (χ4n) is 10.6. The van der Waals surface area contributed by atoms with Gasteiger partial charge in [-0.15, -0.1) is 0 Å². The average Bonchev–Trinajstić information content (AvgIpc) is 4.06. The maximum Gasteiger partial charge on any atom is 0.166 e. The molecule has 0 amide bonds. The van der Waals surface area contributed by atoms with E-state index in [1.807, 2.05) is 72.8 Å². The van der Waals surface area contributed by atoms with Crippen molar-refractivity contribution in [1.82, 2.24) is 28.7 Å². The van der Waals surface area contributed by atoms with Crippen molar-refractivity contribution in [3.05, 3.63) is 242 Å². The van der Waals surface area contributed by atoms with Crippen LogP contribution in [0, 0.1) is 5.82 Å². The van der Waals surface area contributed by atoms with Crippen LogP contribution in [0.5, 0.6) is 0 Å². The van der Waals surface area contributed by atoms with E-state index < -0.39 is 0 Å². The number of fused-ring (bicyclic) bond motifs is 9. The Balaban J connectivity index is 1.11. The molecule has 4 aromatic heterocycles. The topological polar surface area (TPSA) is 53.5 Å². The van der Waals surface area contributed by atoms with Crippen molar-refractivity contribution >= 4 is 65.4 Å². The minimum absolute atomic E-state index is 0.287. The number of hydrogen-bond donors (Lipinski definition) is 0. The fourth-order valence-corrected chi connectivity index (χ4v) is 10.6. The molecule has 4 heterocycles. The molecule has 0 unspecified atom stereocenters. The molecule has 0 radical (unpaired) electrons. The van der Waals surface area contributed by atoms with Gasteiger partial charge in [0, 0.05) is 60.4 Å². The Bertz CT molecular complexity index is 4020. The Morgan fingerprint density at radius 1 is 0.271 bits per heavy atom. The number of benzene rings is 10. The zero-order chi connectivity index (χ0) is 46.3. The van der Waals surface area contributed by atoms with Crippen LogP contribution >= 0.6 is 0 Å². The zero-order valence-corrected chi connectivity index (χ0v) is 37.6. The molecule has 0 fully saturated rings. The summed E-state index contributed by atoms with van der Waals surface area (Å²) in [5, 5.41) is 6.97. The Kier molecular flexibility index (Phi) is 8.97. The minimum atomic E-state index is -0.287. The van der Waals surface area contributed by atoms with Gasteiger partial charge in [-0.3, -0.25) is 0 Å². The molecule has 10 aromatic carbocycles. The van der Waals surface area contributed by atoms with E-state index >= 15 is 0 Å². The molecule has 0 aliphatic rings. The van der Waals surface area contributed by atoms with Crippen molar-refractivity contribution in [1.29, 1.82) is 0 Å². The highest BCUT2D eigenvalue weighted by Crippen LogP contribution is 2.42. The Morgan fingerprint density at radius 2 is 0.657 bits per heavy atom. The van der Waals surface area contributed by atoms with Gasteiger partial charge in [-0.2, -0.15) is 0 Å². The van der Waals surface area contributed by atoms with Gasteiger partial charge in [-0.25, -0.2) is 19.3 Å². The van der Waals surface area contributed by atoms with Crippen molar-refractivity contribution in [3.8, 4) is 62.4 Å². The molecular weight excluding hydrogens is 860 g/mol. The summed E-state index contributed by atoms with van der Waals surface area (Å²) < 4.78 is 21.7. The number of nitrogens with zero attached hydrogens (tertiary/aromatic N) is 6. The van der Waals surface area contributed by atoms with Gasteiger partial charge in [0.15, 0.2) is 17.5 Å². The molecule has 6 nitrogen and oxygen atoms in total. The summed E-state index contributed by atoms with van der Waals surface area (Å²) in [6.45, 7) is 0. The molecule has 0 saturated carbocycles. The predicted molar refractivity (Wildman–Crippen MR) is 285 cm³/mol. The number of hydrogen-bond acceptors (Lipinski definition) is 3. The third-order valence-corrected chi connectivity index (χ3v) is 13.8. The molecular formula is C63H39FN6. The SMILES string of the molecule is Fc1ccc(-c2ccc(-c3nc(-c4ccccc4)nc(-c4ccccc4)n3)c(-n3c4cc(-n5c6ccccc6c6ccccc65)ccc4c4ccc(-n5c6ccccc6c6ccccc65)cc43)c2)cc1. The normalized spacial score (nSPS) is 11.8. The lowest BCUT2D eigenvalue weighted by atomic mass is 10.0. The molecule has 70 heavy (non-hydrogen) atoms. The molecule has 0 saturated heterocycles. The monoisotopic (exact) mass is 898 g/mol. The third kappa shape index (κ3) is 6.29. The second-order valence-electron chi connectivity index (χ2n) is 17.8. The lowest BCUT2D eigenvalue weighted by Gasteiger charge is -2.17. The molecule has 328 valence electrons. The van der Waals surface area contributed by atoms with Crippen LogP contribution in [0.4, 0.5) is 4.39 Å². The number of aromatic nitrogens is 6. The minimum Gasteiger partial charge on any atom is -0.309 e. The molecule has 7 heteroatoms. The van der Waals surface area contributed by atoms with Gasteiger partial charge >= 0.3 is 0 Å². The Labute approximate surface area is 401 Å². The highest BCUT2D eigenvalue weighted by molar-refractivity contribution is 6.14. The van der Waals surface area contributed by atoms with Gasteiger partial charge < -0.3 is 13.7 Å². The smallest absolute Gasteiger partial charge is 0.166 e. The van der Waals surface area contributed by atoms with Gasteiger partial charge in [-0.05, 0) is 83.9 Å². The van der Waals surface area contributed by atoms with Crippen LogP contribution in [0.1, 0.15) is 0 Å².